The van der Waals surface area contributed by atoms with E-state index in [9.17, 15) is 13.2 Å². The maximum atomic E-state index is 13.0. The molecule has 0 spiro atoms. The van der Waals surface area contributed by atoms with Crippen molar-refractivity contribution < 1.29 is 27.4 Å². The minimum Gasteiger partial charge on any atom is -0.480 e. The third-order valence-corrected chi connectivity index (χ3v) is 6.10. The van der Waals surface area contributed by atoms with Crippen molar-refractivity contribution in [3.05, 3.63) is 65.5 Å². The first-order valence-electron chi connectivity index (χ1n) is 11.8. The van der Waals surface area contributed by atoms with E-state index >= 15 is 0 Å². The Morgan fingerprint density at radius 1 is 0.974 bits per heavy atom. The van der Waals surface area contributed by atoms with Gasteiger partial charge in [0.1, 0.15) is 24.3 Å². The lowest BCUT2D eigenvalue weighted by Gasteiger charge is -2.14. The van der Waals surface area contributed by atoms with Crippen LogP contribution in [0.5, 0.6) is 11.8 Å². The highest BCUT2D eigenvalue weighted by atomic mass is 19.4. The number of ether oxygens (including phenoxy) is 3. The van der Waals surface area contributed by atoms with Gasteiger partial charge in [-0.2, -0.15) is 18.2 Å². The molecule has 3 heterocycles. The molecule has 4 aromatic rings. The zero-order valence-corrected chi connectivity index (χ0v) is 21.0. The summed E-state index contributed by atoms with van der Waals surface area (Å²) in [6, 6.07) is 6.96. The molecule has 0 aliphatic heterocycles. The molecule has 9 nitrogen and oxygen atoms in total. The second-order valence-corrected chi connectivity index (χ2v) is 8.92. The van der Waals surface area contributed by atoms with Crippen LogP contribution in [0.3, 0.4) is 0 Å². The smallest absolute Gasteiger partial charge is 0.434 e. The van der Waals surface area contributed by atoms with Crippen molar-refractivity contribution in [1.29, 1.82) is 0 Å². The fourth-order valence-corrected chi connectivity index (χ4v) is 4.08. The summed E-state index contributed by atoms with van der Waals surface area (Å²) in [5, 5.41) is 0. The number of benzene rings is 1. The second-order valence-electron chi connectivity index (χ2n) is 8.92. The number of imidazole rings is 1. The van der Waals surface area contributed by atoms with E-state index in [4.69, 9.17) is 14.2 Å². The molecule has 5 rings (SSSR count). The number of halogens is 3. The molecule has 0 unspecified atom stereocenters. The van der Waals surface area contributed by atoms with Crippen LogP contribution in [0, 0.1) is 0 Å². The van der Waals surface area contributed by atoms with E-state index in [-0.39, 0.29) is 19.0 Å². The molecule has 3 aromatic heterocycles. The molecule has 1 aliphatic rings. The maximum Gasteiger partial charge on any atom is 0.434 e. The minimum atomic E-state index is -4.50. The lowest BCUT2D eigenvalue weighted by molar-refractivity contribution is -0.140. The van der Waals surface area contributed by atoms with Gasteiger partial charge in [-0.25, -0.2) is 19.9 Å². The first-order chi connectivity index (χ1) is 18.3. The SMILES string of the molecule is COCc1cnc(-c2c(OC)ncnc2C2CC2)nc1OCc1ccc(-c2nc(C(F)(F)F)cn2C)cc1. The quantitative estimate of drug-likeness (QED) is 0.302. The van der Waals surface area contributed by atoms with E-state index in [0.29, 0.717) is 40.2 Å². The lowest BCUT2D eigenvalue weighted by Crippen LogP contribution is -2.07. The molecular weight excluding hydrogens is 501 g/mol. The molecule has 38 heavy (non-hydrogen) atoms. The predicted octanol–water partition coefficient (Wildman–Crippen LogP) is 4.96. The summed E-state index contributed by atoms with van der Waals surface area (Å²) in [4.78, 5) is 21.6. The van der Waals surface area contributed by atoms with E-state index in [1.54, 1.807) is 37.6 Å². The van der Waals surface area contributed by atoms with Crippen LogP contribution in [0.25, 0.3) is 22.8 Å². The molecule has 1 aliphatic carbocycles. The zero-order chi connectivity index (χ0) is 26.9. The van der Waals surface area contributed by atoms with Gasteiger partial charge in [-0.05, 0) is 18.4 Å². The van der Waals surface area contributed by atoms with Crippen molar-refractivity contribution in [3.63, 3.8) is 0 Å². The van der Waals surface area contributed by atoms with Crippen molar-refractivity contribution in [1.82, 2.24) is 29.5 Å². The summed E-state index contributed by atoms with van der Waals surface area (Å²) in [6.07, 6.45) is 1.65. The average Bonchev–Trinajstić information content (AvgIpc) is 3.68. The van der Waals surface area contributed by atoms with Crippen LogP contribution in [0.15, 0.2) is 43.0 Å². The van der Waals surface area contributed by atoms with Crippen molar-refractivity contribution in [3.8, 4) is 34.5 Å². The predicted molar refractivity (Wildman–Crippen MR) is 130 cm³/mol. The third-order valence-electron chi connectivity index (χ3n) is 6.10. The monoisotopic (exact) mass is 526 g/mol. The number of alkyl halides is 3. The van der Waals surface area contributed by atoms with Crippen molar-refractivity contribution in [2.75, 3.05) is 14.2 Å². The summed E-state index contributed by atoms with van der Waals surface area (Å²) >= 11 is 0. The lowest BCUT2D eigenvalue weighted by atomic mass is 10.1. The van der Waals surface area contributed by atoms with Crippen LogP contribution in [0.1, 0.15) is 41.3 Å². The van der Waals surface area contributed by atoms with E-state index < -0.39 is 11.9 Å². The molecule has 0 atom stereocenters. The van der Waals surface area contributed by atoms with Gasteiger partial charge in [0.15, 0.2) is 11.5 Å². The third kappa shape index (κ3) is 5.30. The fraction of sp³-hybridized carbons (Fsp3) is 0.346. The molecule has 0 amide bonds. The highest BCUT2D eigenvalue weighted by Crippen LogP contribution is 2.45. The molecule has 0 N–H and O–H groups in total. The van der Waals surface area contributed by atoms with Gasteiger partial charge in [0, 0.05) is 38.0 Å². The second kappa shape index (κ2) is 10.4. The minimum absolute atomic E-state index is 0.166. The molecule has 0 bridgehead atoms. The van der Waals surface area contributed by atoms with Gasteiger partial charge < -0.3 is 18.8 Å². The Labute approximate surface area is 216 Å². The summed E-state index contributed by atoms with van der Waals surface area (Å²) in [5.74, 6) is 1.67. The molecule has 1 saturated carbocycles. The molecule has 12 heteroatoms. The summed E-state index contributed by atoms with van der Waals surface area (Å²) < 4.78 is 57.3. The molecule has 1 fully saturated rings. The topological polar surface area (TPSA) is 97.1 Å². The molecule has 1 aromatic carbocycles. The largest absolute Gasteiger partial charge is 0.480 e. The number of hydrogen-bond acceptors (Lipinski definition) is 8. The zero-order valence-electron chi connectivity index (χ0n) is 21.0. The van der Waals surface area contributed by atoms with E-state index in [1.165, 1.54) is 25.1 Å². The number of hydrogen-bond donors (Lipinski definition) is 0. The Kier molecular flexibility index (Phi) is 6.98. The van der Waals surface area contributed by atoms with Crippen LogP contribution in [-0.2, 0) is 31.2 Å². The molecular formula is C26H25F3N6O3. The highest BCUT2D eigenvalue weighted by Gasteiger charge is 2.34. The summed E-state index contributed by atoms with van der Waals surface area (Å²) in [5.41, 5.74) is 2.56. The Bertz CT molecular complexity index is 1440. The molecule has 0 saturated heterocycles. The van der Waals surface area contributed by atoms with Crippen molar-refractivity contribution in [2.24, 2.45) is 7.05 Å². The van der Waals surface area contributed by atoms with Crippen molar-refractivity contribution in [2.45, 2.75) is 38.1 Å². The van der Waals surface area contributed by atoms with Gasteiger partial charge in [-0.15, -0.1) is 0 Å². The van der Waals surface area contributed by atoms with Crippen LogP contribution in [-0.4, -0.2) is 43.7 Å². The first kappa shape index (κ1) is 25.6. The fourth-order valence-electron chi connectivity index (χ4n) is 4.08. The van der Waals surface area contributed by atoms with Gasteiger partial charge in [-0.1, -0.05) is 24.3 Å². The molecule has 0 radical (unpaired) electrons. The normalized spacial score (nSPS) is 13.5. The Morgan fingerprint density at radius 2 is 1.74 bits per heavy atom. The number of nitrogens with zero attached hydrogens (tertiary/aromatic N) is 6. The van der Waals surface area contributed by atoms with Crippen molar-refractivity contribution >= 4 is 0 Å². The average molecular weight is 527 g/mol. The summed E-state index contributed by atoms with van der Waals surface area (Å²) in [7, 11) is 4.63. The Hall–Kier alpha value is -4.06. The van der Waals surface area contributed by atoms with E-state index in [0.717, 1.165) is 30.3 Å². The van der Waals surface area contributed by atoms with E-state index in [1.807, 2.05) is 0 Å². The standard InChI is InChI=1S/C26H25F3N6O3/c1-35-11-19(26(27,28)29)33-23(35)17-6-4-15(5-7-17)12-38-24-18(13-36-2)10-30-22(34-24)20-21(16-8-9-16)31-14-32-25(20)37-3/h4-7,10-11,14,16H,8-9,12-13H2,1-3H3. The highest BCUT2D eigenvalue weighted by molar-refractivity contribution is 5.66. The number of rotatable bonds is 9. The summed E-state index contributed by atoms with van der Waals surface area (Å²) in [6.45, 7) is 0.410. The van der Waals surface area contributed by atoms with Gasteiger partial charge in [-0.3, -0.25) is 0 Å². The Balaban J connectivity index is 1.39. The number of methoxy groups -OCH3 is 2. The van der Waals surface area contributed by atoms with Crippen LogP contribution in [0.2, 0.25) is 0 Å². The van der Waals surface area contributed by atoms with E-state index in [2.05, 4.69) is 24.9 Å². The number of aryl methyl sites for hydroxylation is 1. The Morgan fingerprint density at radius 3 is 2.37 bits per heavy atom. The van der Waals surface area contributed by atoms with Gasteiger partial charge >= 0.3 is 6.18 Å². The van der Waals surface area contributed by atoms with Crippen LogP contribution < -0.4 is 9.47 Å². The maximum absolute atomic E-state index is 13.0. The van der Waals surface area contributed by atoms with Crippen LogP contribution >= 0.6 is 0 Å². The van der Waals surface area contributed by atoms with Gasteiger partial charge in [0.25, 0.3) is 0 Å². The van der Waals surface area contributed by atoms with Crippen LogP contribution in [0.4, 0.5) is 13.2 Å². The van der Waals surface area contributed by atoms with Gasteiger partial charge in [0.2, 0.25) is 11.8 Å². The molecule has 198 valence electrons. The van der Waals surface area contributed by atoms with Gasteiger partial charge in [0.05, 0.1) is 25.0 Å². The first-order valence-corrected chi connectivity index (χ1v) is 11.8. The number of aromatic nitrogens is 6.